The number of hydrogen-bond donors (Lipinski definition) is 0. The predicted molar refractivity (Wildman–Crippen MR) is 86.5 cm³/mol. The summed E-state index contributed by atoms with van der Waals surface area (Å²) in [5.74, 6) is 1.34. The van der Waals surface area contributed by atoms with Crippen LogP contribution in [0.5, 0.6) is 5.75 Å². The third kappa shape index (κ3) is 2.98. The zero-order valence-electron chi connectivity index (χ0n) is 11.8. The van der Waals surface area contributed by atoms with Gasteiger partial charge in [-0.2, -0.15) is 0 Å². The molecule has 0 saturated heterocycles. The van der Waals surface area contributed by atoms with E-state index in [1.165, 1.54) is 18.9 Å². The van der Waals surface area contributed by atoms with Gasteiger partial charge in [0.1, 0.15) is 11.5 Å². The summed E-state index contributed by atoms with van der Waals surface area (Å²) >= 11 is 13.2. The van der Waals surface area contributed by atoms with Crippen molar-refractivity contribution in [1.29, 1.82) is 0 Å². The Balaban J connectivity index is 1.98. The molecule has 7 heteroatoms. The molecule has 0 radical (unpaired) electrons. The van der Waals surface area contributed by atoms with Crippen molar-refractivity contribution in [2.75, 3.05) is 12.3 Å². The van der Waals surface area contributed by atoms with Crippen LogP contribution in [0.2, 0.25) is 5.02 Å². The molecule has 0 atom stereocenters. The van der Waals surface area contributed by atoms with Crippen molar-refractivity contribution in [2.24, 2.45) is 0 Å². The maximum Gasteiger partial charge on any atom is 0.218 e. The SMILES string of the molecule is COc1c(C(=O)c2cc(C3CC3)on2)ccc(Cl)c1SCCl. The largest absolute Gasteiger partial charge is 0.495 e. The predicted octanol–water partition coefficient (Wildman–Crippen LogP) is 4.73. The van der Waals surface area contributed by atoms with Gasteiger partial charge < -0.3 is 9.26 Å². The second-order valence-electron chi connectivity index (χ2n) is 4.93. The fraction of sp³-hybridized carbons (Fsp3) is 0.333. The van der Waals surface area contributed by atoms with Gasteiger partial charge in [-0.25, -0.2) is 0 Å². The number of alkyl halides is 1. The highest BCUT2D eigenvalue weighted by Crippen LogP contribution is 2.42. The minimum absolute atomic E-state index is 0.249. The molecule has 2 aromatic rings. The number of nitrogens with zero attached hydrogens (tertiary/aromatic N) is 1. The summed E-state index contributed by atoms with van der Waals surface area (Å²) in [7, 11) is 1.50. The molecule has 0 unspecified atom stereocenters. The van der Waals surface area contributed by atoms with Gasteiger partial charge in [0.15, 0.2) is 5.69 Å². The smallest absolute Gasteiger partial charge is 0.218 e. The number of methoxy groups -OCH3 is 1. The standard InChI is InChI=1S/C15H13Cl2NO3S/c1-20-14-9(4-5-10(17)15(14)22-7-16)13(19)11-6-12(21-18-11)8-2-3-8/h4-6,8H,2-3,7H2,1H3. The van der Waals surface area contributed by atoms with Gasteiger partial charge in [-0.05, 0) is 25.0 Å². The summed E-state index contributed by atoms with van der Waals surface area (Å²) in [5, 5.41) is 4.69. The molecule has 22 heavy (non-hydrogen) atoms. The summed E-state index contributed by atoms with van der Waals surface area (Å²) in [6, 6.07) is 5.00. The Morgan fingerprint density at radius 2 is 2.27 bits per heavy atom. The first-order valence-corrected chi connectivity index (χ1v) is 8.62. The van der Waals surface area contributed by atoms with E-state index in [1.807, 2.05) is 0 Å². The number of carbonyl (C=O) groups is 1. The van der Waals surface area contributed by atoms with Crippen LogP contribution in [0.1, 0.15) is 40.6 Å². The van der Waals surface area contributed by atoms with E-state index in [-0.39, 0.29) is 11.5 Å². The summed E-state index contributed by atoms with van der Waals surface area (Å²) < 4.78 is 10.6. The lowest BCUT2D eigenvalue weighted by Gasteiger charge is -2.12. The summed E-state index contributed by atoms with van der Waals surface area (Å²) in [6.45, 7) is 0. The molecular weight excluding hydrogens is 345 g/mol. The highest BCUT2D eigenvalue weighted by Gasteiger charge is 2.30. The number of aromatic nitrogens is 1. The molecule has 0 spiro atoms. The van der Waals surface area contributed by atoms with Crippen molar-refractivity contribution < 1.29 is 14.1 Å². The molecule has 0 N–H and O–H groups in total. The number of rotatable bonds is 6. The van der Waals surface area contributed by atoms with Crippen LogP contribution in [0.3, 0.4) is 0 Å². The second kappa shape index (κ2) is 6.52. The Bertz CT molecular complexity index is 713. The van der Waals surface area contributed by atoms with Crippen LogP contribution in [-0.2, 0) is 0 Å². The van der Waals surface area contributed by atoms with E-state index < -0.39 is 0 Å². The number of ketones is 1. The topological polar surface area (TPSA) is 52.3 Å². The van der Waals surface area contributed by atoms with Gasteiger partial charge in [0.05, 0.1) is 27.8 Å². The Kier molecular flexibility index (Phi) is 4.66. The van der Waals surface area contributed by atoms with Crippen molar-refractivity contribution in [2.45, 2.75) is 23.7 Å². The number of hydrogen-bond acceptors (Lipinski definition) is 5. The monoisotopic (exact) mass is 357 g/mol. The molecule has 0 aliphatic heterocycles. The molecule has 1 aliphatic rings. The molecule has 1 aromatic heterocycles. The van der Waals surface area contributed by atoms with Gasteiger partial charge >= 0.3 is 0 Å². The molecule has 3 rings (SSSR count). The van der Waals surface area contributed by atoms with Gasteiger partial charge in [-0.15, -0.1) is 23.4 Å². The number of ether oxygens (including phenoxy) is 1. The molecule has 4 nitrogen and oxygen atoms in total. The minimum atomic E-state index is -0.249. The van der Waals surface area contributed by atoms with Gasteiger partial charge in [-0.3, -0.25) is 4.79 Å². The third-order valence-electron chi connectivity index (χ3n) is 3.45. The fourth-order valence-corrected chi connectivity index (χ4v) is 3.48. The zero-order chi connectivity index (χ0) is 15.7. The van der Waals surface area contributed by atoms with E-state index >= 15 is 0 Å². The van der Waals surface area contributed by atoms with E-state index in [4.69, 9.17) is 32.5 Å². The highest BCUT2D eigenvalue weighted by molar-refractivity contribution is 8.00. The van der Waals surface area contributed by atoms with Crippen molar-refractivity contribution in [1.82, 2.24) is 5.16 Å². The lowest BCUT2D eigenvalue weighted by molar-refractivity contribution is 0.102. The highest BCUT2D eigenvalue weighted by atomic mass is 35.5. The fourth-order valence-electron chi connectivity index (χ4n) is 2.20. The Labute approximate surface area is 142 Å². The minimum Gasteiger partial charge on any atom is -0.495 e. The maximum absolute atomic E-state index is 12.7. The molecule has 1 fully saturated rings. The van der Waals surface area contributed by atoms with Gasteiger partial charge in [-0.1, -0.05) is 16.8 Å². The van der Waals surface area contributed by atoms with Crippen LogP contribution in [0, 0.1) is 0 Å². The Hall–Kier alpha value is -1.17. The number of carbonyl (C=O) groups excluding carboxylic acids is 1. The summed E-state index contributed by atoms with van der Waals surface area (Å²) in [6.07, 6.45) is 2.17. The van der Waals surface area contributed by atoms with Crippen molar-refractivity contribution in [3.8, 4) is 5.75 Å². The summed E-state index contributed by atoms with van der Waals surface area (Å²) in [5.41, 5.74) is 0.680. The first-order chi connectivity index (χ1) is 10.7. The van der Waals surface area contributed by atoms with E-state index in [0.29, 0.717) is 32.4 Å². The number of benzene rings is 1. The lowest BCUT2D eigenvalue weighted by atomic mass is 10.1. The first-order valence-electron chi connectivity index (χ1n) is 6.72. The lowest BCUT2D eigenvalue weighted by Crippen LogP contribution is -2.05. The second-order valence-corrected chi connectivity index (χ2v) is 6.91. The van der Waals surface area contributed by atoms with Crippen molar-refractivity contribution in [3.63, 3.8) is 0 Å². The number of thioether (sulfide) groups is 1. The first kappa shape index (κ1) is 15.7. The maximum atomic E-state index is 12.7. The van der Waals surface area contributed by atoms with Crippen molar-refractivity contribution >= 4 is 40.7 Å². The number of halogens is 2. The Morgan fingerprint density at radius 1 is 1.50 bits per heavy atom. The van der Waals surface area contributed by atoms with E-state index in [0.717, 1.165) is 18.6 Å². The van der Waals surface area contributed by atoms with Crippen LogP contribution < -0.4 is 4.74 Å². The zero-order valence-corrected chi connectivity index (χ0v) is 14.1. The molecule has 1 saturated carbocycles. The van der Waals surface area contributed by atoms with Crippen molar-refractivity contribution in [3.05, 3.63) is 40.2 Å². The average molecular weight is 358 g/mol. The normalized spacial score (nSPS) is 14.1. The average Bonchev–Trinajstić information content (AvgIpc) is 3.26. The quantitative estimate of drug-likeness (QED) is 0.424. The van der Waals surface area contributed by atoms with E-state index in [2.05, 4.69) is 5.16 Å². The molecule has 0 amide bonds. The molecular formula is C15H13Cl2NO3S. The molecule has 1 heterocycles. The van der Waals surface area contributed by atoms with E-state index in [1.54, 1.807) is 18.2 Å². The van der Waals surface area contributed by atoms with Gasteiger partial charge in [0.25, 0.3) is 0 Å². The van der Waals surface area contributed by atoms with E-state index in [9.17, 15) is 4.79 Å². The van der Waals surface area contributed by atoms with Gasteiger partial charge in [0.2, 0.25) is 5.78 Å². The third-order valence-corrected chi connectivity index (χ3v) is 5.01. The van der Waals surface area contributed by atoms with Gasteiger partial charge in [0, 0.05) is 12.0 Å². The van der Waals surface area contributed by atoms with Crippen LogP contribution in [0.15, 0.2) is 27.6 Å². The molecule has 1 aromatic carbocycles. The summed E-state index contributed by atoms with van der Waals surface area (Å²) in [4.78, 5) is 13.3. The Morgan fingerprint density at radius 3 is 2.91 bits per heavy atom. The molecule has 0 bridgehead atoms. The molecule has 1 aliphatic carbocycles. The van der Waals surface area contributed by atoms with Crippen LogP contribution in [-0.4, -0.2) is 23.3 Å². The van der Waals surface area contributed by atoms with Crippen LogP contribution >= 0.6 is 35.0 Å². The molecule has 116 valence electrons. The van der Waals surface area contributed by atoms with Crippen LogP contribution in [0.4, 0.5) is 0 Å². The van der Waals surface area contributed by atoms with Crippen LogP contribution in [0.25, 0.3) is 0 Å².